The Labute approximate surface area is 108 Å². The average Bonchev–Trinajstić information content (AvgIpc) is 2.27. The van der Waals surface area contributed by atoms with Gasteiger partial charge in [-0.05, 0) is 24.3 Å². The molecule has 2 aromatic rings. The number of nitrogens with zero attached hydrogens (tertiary/aromatic N) is 1. The van der Waals surface area contributed by atoms with E-state index in [4.69, 9.17) is 39.5 Å². The molecule has 5 heteroatoms. The number of rotatable bonds is 2. The quantitative estimate of drug-likeness (QED) is 0.731. The van der Waals surface area contributed by atoms with Crippen LogP contribution in [0.3, 0.4) is 0 Å². The summed E-state index contributed by atoms with van der Waals surface area (Å²) in [7, 11) is 0. The predicted octanol–water partition coefficient (Wildman–Crippen LogP) is 4.83. The highest BCUT2D eigenvalue weighted by atomic mass is 35.5. The summed E-state index contributed by atoms with van der Waals surface area (Å²) in [5.41, 5.74) is 0. The van der Waals surface area contributed by atoms with Crippen LogP contribution in [0, 0.1) is 0 Å². The molecule has 1 heterocycles. The molecule has 0 spiro atoms. The Kier molecular flexibility index (Phi) is 3.54. The maximum absolute atomic E-state index is 5.95. The van der Waals surface area contributed by atoms with Gasteiger partial charge in [-0.15, -0.1) is 0 Å². The van der Waals surface area contributed by atoms with Gasteiger partial charge in [-0.3, -0.25) is 0 Å². The van der Waals surface area contributed by atoms with Gasteiger partial charge in [-0.2, -0.15) is 0 Å². The van der Waals surface area contributed by atoms with Gasteiger partial charge in [-0.25, -0.2) is 4.98 Å². The zero-order valence-corrected chi connectivity index (χ0v) is 10.2. The molecule has 0 saturated heterocycles. The van der Waals surface area contributed by atoms with E-state index >= 15 is 0 Å². The molecule has 0 amide bonds. The maximum Gasteiger partial charge on any atom is 0.147 e. The number of halogens is 3. The van der Waals surface area contributed by atoms with Crippen molar-refractivity contribution in [1.29, 1.82) is 0 Å². The number of hydrogen-bond acceptors (Lipinski definition) is 2. The highest BCUT2D eigenvalue weighted by molar-refractivity contribution is 6.34. The smallest absolute Gasteiger partial charge is 0.147 e. The van der Waals surface area contributed by atoms with E-state index in [2.05, 4.69) is 4.98 Å². The molecule has 0 aliphatic heterocycles. The van der Waals surface area contributed by atoms with Crippen LogP contribution in [0.25, 0.3) is 0 Å². The van der Waals surface area contributed by atoms with Gasteiger partial charge >= 0.3 is 0 Å². The first-order valence-electron chi connectivity index (χ1n) is 4.39. The van der Waals surface area contributed by atoms with E-state index in [1.54, 1.807) is 30.3 Å². The maximum atomic E-state index is 5.95. The Morgan fingerprint density at radius 1 is 1.00 bits per heavy atom. The molecule has 1 aromatic carbocycles. The average molecular weight is 275 g/mol. The molecule has 1 aromatic heterocycles. The van der Waals surface area contributed by atoms with Crippen molar-refractivity contribution in [1.82, 2.24) is 4.98 Å². The van der Waals surface area contributed by atoms with Gasteiger partial charge < -0.3 is 4.74 Å². The molecule has 0 aliphatic rings. The third kappa shape index (κ3) is 2.79. The van der Waals surface area contributed by atoms with E-state index in [1.807, 2.05) is 0 Å². The molecule has 0 aliphatic carbocycles. The van der Waals surface area contributed by atoms with E-state index in [0.717, 1.165) is 0 Å². The lowest BCUT2D eigenvalue weighted by Gasteiger charge is -2.07. The van der Waals surface area contributed by atoms with Crippen molar-refractivity contribution in [3.05, 3.63) is 51.7 Å². The van der Waals surface area contributed by atoms with Crippen LogP contribution in [-0.4, -0.2) is 4.98 Å². The van der Waals surface area contributed by atoms with Crippen molar-refractivity contribution in [3.8, 4) is 11.5 Å². The molecule has 0 radical (unpaired) electrons. The second-order valence-corrected chi connectivity index (χ2v) is 4.22. The minimum Gasteiger partial charge on any atom is -0.454 e. The lowest BCUT2D eigenvalue weighted by molar-refractivity contribution is 0.480. The third-order valence-corrected chi connectivity index (χ3v) is 2.59. The van der Waals surface area contributed by atoms with Gasteiger partial charge in [0.1, 0.15) is 16.7 Å². The van der Waals surface area contributed by atoms with Gasteiger partial charge in [0.05, 0.1) is 11.2 Å². The molecular formula is C11H6Cl3NO. The second kappa shape index (κ2) is 4.91. The topological polar surface area (TPSA) is 22.1 Å². The molecule has 0 bridgehead atoms. The monoisotopic (exact) mass is 273 g/mol. The zero-order chi connectivity index (χ0) is 11.5. The Balaban J connectivity index is 2.26. The first-order valence-corrected chi connectivity index (χ1v) is 5.53. The summed E-state index contributed by atoms with van der Waals surface area (Å²) in [5, 5.41) is 1.45. The molecule has 2 rings (SSSR count). The van der Waals surface area contributed by atoms with Gasteiger partial charge in [0.2, 0.25) is 0 Å². The minimum atomic E-state index is 0.407. The van der Waals surface area contributed by atoms with Crippen LogP contribution in [-0.2, 0) is 0 Å². The van der Waals surface area contributed by atoms with Crippen molar-refractivity contribution in [3.63, 3.8) is 0 Å². The third-order valence-electron chi connectivity index (χ3n) is 1.82. The summed E-state index contributed by atoms with van der Waals surface area (Å²) in [6.45, 7) is 0. The van der Waals surface area contributed by atoms with Crippen LogP contribution in [0.15, 0.2) is 36.5 Å². The highest BCUT2D eigenvalue weighted by Crippen LogP contribution is 2.31. The molecule has 0 unspecified atom stereocenters. The van der Waals surface area contributed by atoms with Crippen LogP contribution < -0.4 is 4.74 Å². The largest absolute Gasteiger partial charge is 0.454 e. The summed E-state index contributed by atoms with van der Waals surface area (Å²) in [6, 6.07) is 8.33. The van der Waals surface area contributed by atoms with Crippen LogP contribution in [0.5, 0.6) is 11.5 Å². The van der Waals surface area contributed by atoms with Crippen molar-refractivity contribution >= 4 is 34.8 Å². The lowest BCUT2D eigenvalue weighted by atomic mass is 10.3. The summed E-state index contributed by atoms with van der Waals surface area (Å²) in [5.74, 6) is 1.03. The predicted molar refractivity (Wildman–Crippen MR) is 65.8 cm³/mol. The van der Waals surface area contributed by atoms with Crippen molar-refractivity contribution in [2.45, 2.75) is 0 Å². The SMILES string of the molecule is Clc1ccc(Cl)c(Oc2ccc(Cl)nc2)c1. The van der Waals surface area contributed by atoms with Crippen molar-refractivity contribution in [2.24, 2.45) is 0 Å². The van der Waals surface area contributed by atoms with E-state index < -0.39 is 0 Å². The highest BCUT2D eigenvalue weighted by Gasteiger charge is 2.04. The Morgan fingerprint density at radius 2 is 1.81 bits per heavy atom. The Morgan fingerprint density at radius 3 is 2.50 bits per heavy atom. The van der Waals surface area contributed by atoms with Crippen LogP contribution in [0.1, 0.15) is 0 Å². The molecule has 0 atom stereocenters. The summed E-state index contributed by atoms with van der Waals surface area (Å²) in [4.78, 5) is 3.89. The Hall–Kier alpha value is -0.960. The molecule has 0 fully saturated rings. The summed E-state index contributed by atoms with van der Waals surface area (Å²) in [6.07, 6.45) is 1.51. The fourth-order valence-corrected chi connectivity index (χ4v) is 1.54. The van der Waals surface area contributed by atoms with E-state index in [0.29, 0.717) is 26.7 Å². The van der Waals surface area contributed by atoms with Crippen LogP contribution >= 0.6 is 34.8 Å². The van der Waals surface area contributed by atoms with Crippen molar-refractivity contribution < 1.29 is 4.74 Å². The Bertz CT molecular complexity index is 499. The molecule has 16 heavy (non-hydrogen) atoms. The first kappa shape index (κ1) is 11.5. The van der Waals surface area contributed by atoms with Gasteiger partial charge in [0.25, 0.3) is 0 Å². The number of ether oxygens (including phenoxy) is 1. The minimum absolute atomic E-state index is 0.407. The van der Waals surface area contributed by atoms with Crippen molar-refractivity contribution in [2.75, 3.05) is 0 Å². The number of pyridine rings is 1. The van der Waals surface area contributed by atoms with Crippen LogP contribution in [0.2, 0.25) is 15.2 Å². The normalized spacial score (nSPS) is 10.2. The van der Waals surface area contributed by atoms with Gasteiger partial charge in [-0.1, -0.05) is 34.8 Å². The molecule has 82 valence electrons. The molecule has 0 N–H and O–H groups in total. The summed E-state index contributed by atoms with van der Waals surface area (Å²) < 4.78 is 5.51. The fourth-order valence-electron chi connectivity index (χ4n) is 1.11. The van der Waals surface area contributed by atoms with Gasteiger partial charge in [0, 0.05) is 11.1 Å². The molecule has 0 saturated carbocycles. The number of benzene rings is 1. The van der Waals surface area contributed by atoms with E-state index in [1.165, 1.54) is 6.20 Å². The fraction of sp³-hybridized carbons (Fsp3) is 0. The second-order valence-electron chi connectivity index (χ2n) is 2.99. The molecular weight excluding hydrogens is 268 g/mol. The van der Waals surface area contributed by atoms with E-state index in [9.17, 15) is 0 Å². The standard InChI is InChI=1S/C11H6Cl3NO/c12-7-1-3-9(13)10(5-7)16-8-2-4-11(14)15-6-8/h1-6H. The molecule has 2 nitrogen and oxygen atoms in total. The van der Waals surface area contributed by atoms with E-state index in [-0.39, 0.29) is 0 Å². The van der Waals surface area contributed by atoms with Crippen LogP contribution in [0.4, 0.5) is 0 Å². The first-order chi connectivity index (χ1) is 7.65. The lowest BCUT2D eigenvalue weighted by Crippen LogP contribution is -1.86. The summed E-state index contributed by atoms with van der Waals surface area (Å²) >= 11 is 17.4. The number of aromatic nitrogens is 1. The van der Waals surface area contributed by atoms with Gasteiger partial charge in [0.15, 0.2) is 0 Å². The zero-order valence-electron chi connectivity index (χ0n) is 7.95. The number of hydrogen-bond donors (Lipinski definition) is 0.